The Morgan fingerprint density at radius 3 is 2.75 bits per heavy atom. The van der Waals surface area contributed by atoms with Crippen LogP contribution in [0, 0.1) is 0 Å². The summed E-state index contributed by atoms with van der Waals surface area (Å²) in [6, 6.07) is 0. The molecule has 0 aliphatic heterocycles. The molecule has 0 radical (unpaired) electrons. The molecule has 1 aliphatic carbocycles. The van der Waals surface area contributed by atoms with Crippen LogP contribution in [0.5, 0.6) is 0 Å². The van der Waals surface area contributed by atoms with Crippen LogP contribution in [-0.4, -0.2) is 11.6 Å². The molecule has 3 nitrogen and oxygen atoms in total. The topological polar surface area (TPSA) is 30.4 Å². The van der Waals surface area contributed by atoms with E-state index in [0.29, 0.717) is 0 Å². The average Bonchev–Trinajstić information content (AvgIpc) is 2.44. The standard InChI is InChI=1S/C9H14N2O/c1-10-9-11(2)7-5-3-4-6-8(7)12-9/h3-6H2,1-2H3. The van der Waals surface area contributed by atoms with Gasteiger partial charge in [0.1, 0.15) is 5.76 Å². The van der Waals surface area contributed by atoms with Crippen molar-refractivity contribution in [1.29, 1.82) is 0 Å². The van der Waals surface area contributed by atoms with E-state index in [0.717, 1.165) is 24.3 Å². The van der Waals surface area contributed by atoms with Crippen LogP contribution in [0.3, 0.4) is 0 Å². The summed E-state index contributed by atoms with van der Waals surface area (Å²) in [5.41, 5.74) is 2.09. The molecule has 1 aromatic heterocycles. The molecule has 12 heavy (non-hydrogen) atoms. The number of hydrogen-bond acceptors (Lipinski definition) is 2. The number of oxazole rings is 1. The Morgan fingerprint density at radius 1 is 1.33 bits per heavy atom. The van der Waals surface area contributed by atoms with E-state index in [2.05, 4.69) is 9.56 Å². The molecule has 0 N–H and O–H groups in total. The van der Waals surface area contributed by atoms with Gasteiger partial charge < -0.3 is 4.42 Å². The lowest BCUT2D eigenvalue weighted by atomic mass is 10.0. The van der Waals surface area contributed by atoms with Crippen LogP contribution < -0.4 is 5.68 Å². The Hall–Kier alpha value is -0.990. The lowest BCUT2D eigenvalue weighted by Crippen LogP contribution is -2.14. The minimum absolute atomic E-state index is 0.752. The largest absolute Gasteiger partial charge is 0.428 e. The molecule has 66 valence electrons. The molecule has 0 fully saturated rings. The van der Waals surface area contributed by atoms with E-state index in [4.69, 9.17) is 4.42 Å². The second-order valence-corrected chi connectivity index (χ2v) is 3.24. The number of rotatable bonds is 0. The van der Waals surface area contributed by atoms with Crippen LogP contribution in [0.2, 0.25) is 0 Å². The summed E-state index contributed by atoms with van der Waals surface area (Å²) in [5.74, 6) is 1.14. The maximum absolute atomic E-state index is 5.58. The van der Waals surface area contributed by atoms with Crippen molar-refractivity contribution in [1.82, 2.24) is 4.57 Å². The maximum atomic E-state index is 5.58. The summed E-state index contributed by atoms with van der Waals surface area (Å²) in [4.78, 5) is 4.07. The van der Waals surface area contributed by atoms with Gasteiger partial charge in [-0.3, -0.25) is 4.57 Å². The lowest BCUT2D eigenvalue weighted by Gasteiger charge is -2.08. The zero-order valence-electron chi connectivity index (χ0n) is 7.63. The molecule has 2 rings (SSSR count). The summed E-state index contributed by atoms with van der Waals surface area (Å²) in [5, 5.41) is 0. The monoisotopic (exact) mass is 166 g/mol. The van der Waals surface area contributed by atoms with E-state index >= 15 is 0 Å². The van der Waals surface area contributed by atoms with Crippen molar-refractivity contribution < 1.29 is 4.42 Å². The fourth-order valence-electron chi connectivity index (χ4n) is 1.82. The van der Waals surface area contributed by atoms with E-state index in [1.54, 1.807) is 7.05 Å². The fourth-order valence-corrected chi connectivity index (χ4v) is 1.82. The van der Waals surface area contributed by atoms with Gasteiger partial charge in [-0.1, -0.05) is 0 Å². The van der Waals surface area contributed by atoms with Crippen LogP contribution in [0.1, 0.15) is 24.3 Å². The minimum atomic E-state index is 0.752. The van der Waals surface area contributed by atoms with Gasteiger partial charge in [0.2, 0.25) is 0 Å². The van der Waals surface area contributed by atoms with Crippen LogP contribution in [0.25, 0.3) is 0 Å². The molecular weight excluding hydrogens is 152 g/mol. The van der Waals surface area contributed by atoms with Crippen molar-refractivity contribution in [3.8, 4) is 0 Å². The van der Waals surface area contributed by atoms with Crippen molar-refractivity contribution in [3.05, 3.63) is 17.1 Å². The minimum Gasteiger partial charge on any atom is -0.428 e. The third kappa shape index (κ3) is 1.00. The Labute approximate surface area is 71.7 Å². The van der Waals surface area contributed by atoms with Crippen LogP contribution in [-0.2, 0) is 19.9 Å². The molecule has 0 unspecified atom stereocenters. The first-order valence-corrected chi connectivity index (χ1v) is 4.43. The highest BCUT2D eigenvalue weighted by Crippen LogP contribution is 2.18. The predicted molar refractivity (Wildman–Crippen MR) is 45.8 cm³/mol. The molecule has 0 aromatic carbocycles. The van der Waals surface area contributed by atoms with Crippen molar-refractivity contribution in [2.75, 3.05) is 7.05 Å². The highest BCUT2D eigenvalue weighted by atomic mass is 16.4. The molecule has 3 heteroatoms. The van der Waals surface area contributed by atoms with Crippen molar-refractivity contribution in [3.63, 3.8) is 0 Å². The Balaban J connectivity index is 2.59. The number of aryl methyl sites for hydroxylation is 1. The van der Waals surface area contributed by atoms with Crippen LogP contribution in [0.15, 0.2) is 9.41 Å². The van der Waals surface area contributed by atoms with Gasteiger partial charge in [0.25, 0.3) is 5.68 Å². The molecule has 1 aromatic rings. The number of nitrogens with zero attached hydrogens (tertiary/aromatic N) is 2. The van der Waals surface area contributed by atoms with Crippen molar-refractivity contribution in [2.45, 2.75) is 25.7 Å². The number of fused-ring (bicyclic) bond motifs is 1. The summed E-state index contributed by atoms with van der Waals surface area (Å²) in [6.45, 7) is 0. The first-order valence-electron chi connectivity index (χ1n) is 4.43. The highest BCUT2D eigenvalue weighted by molar-refractivity contribution is 5.12. The molecule has 1 heterocycles. The molecule has 0 spiro atoms. The summed E-state index contributed by atoms with van der Waals surface area (Å²) in [7, 11) is 3.79. The third-order valence-electron chi connectivity index (χ3n) is 2.49. The van der Waals surface area contributed by atoms with Gasteiger partial charge in [0.15, 0.2) is 0 Å². The fraction of sp³-hybridized carbons (Fsp3) is 0.667. The summed E-state index contributed by atoms with van der Waals surface area (Å²) in [6.07, 6.45) is 4.76. The summed E-state index contributed by atoms with van der Waals surface area (Å²) < 4.78 is 7.65. The highest BCUT2D eigenvalue weighted by Gasteiger charge is 2.16. The molecule has 0 amide bonds. The van der Waals surface area contributed by atoms with Gasteiger partial charge >= 0.3 is 0 Å². The van der Waals surface area contributed by atoms with Gasteiger partial charge in [-0.25, -0.2) is 4.99 Å². The average molecular weight is 166 g/mol. The van der Waals surface area contributed by atoms with Crippen LogP contribution in [0.4, 0.5) is 0 Å². The van der Waals surface area contributed by atoms with E-state index in [9.17, 15) is 0 Å². The van der Waals surface area contributed by atoms with Crippen molar-refractivity contribution >= 4 is 0 Å². The maximum Gasteiger partial charge on any atom is 0.296 e. The zero-order valence-corrected chi connectivity index (χ0v) is 7.63. The summed E-state index contributed by atoms with van der Waals surface area (Å²) >= 11 is 0. The number of hydrogen-bond donors (Lipinski definition) is 0. The smallest absolute Gasteiger partial charge is 0.296 e. The molecule has 0 atom stereocenters. The molecule has 1 aliphatic rings. The first-order chi connectivity index (χ1) is 5.83. The third-order valence-corrected chi connectivity index (χ3v) is 2.49. The zero-order chi connectivity index (χ0) is 8.55. The first kappa shape index (κ1) is 7.65. The van der Waals surface area contributed by atoms with E-state index in [1.165, 1.54) is 18.5 Å². The molecular formula is C9H14N2O. The molecule has 0 saturated carbocycles. The SMILES string of the molecule is CN=c1oc2c(n1C)CCCC2. The Bertz CT molecular complexity index is 346. The lowest BCUT2D eigenvalue weighted by molar-refractivity contribution is 0.430. The van der Waals surface area contributed by atoms with E-state index < -0.39 is 0 Å². The molecule has 0 bridgehead atoms. The van der Waals surface area contributed by atoms with Gasteiger partial charge in [-0.2, -0.15) is 0 Å². The predicted octanol–water partition coefficient (Wildman–Crippen LogP) is 1.03. The van der Waals surface area contributed by atoms with Gasteiger partial charge in [0.05, 0.1) is 5.69 Å². The Kier molecular flexibility index (Phi) is 1.79. The second-order valence-electron chi connectivity index (χ2n) is 3.24. The van der Waals surface area contributed by atoms with Gasteiger partial charge in [0, 0.05) is 20.5 Å². The normalized spacial score (nSPS) is 18.0. The second kappa shape index (κ2) is 2.81. The van der Waals surface area contributed by atoms with Gasteiger partial charge in [-0.05, 0) is 19.3 Å². The van der Waals surface area contributed by atoms with Crippen molar-refractivity contribution in [2.24, 2.45) is 12.0 Å². The number of aromatic nitrogens is 1. The van der Waals surface area contributed by atoms with Crippen LogP contribution >= 0.6 is 0 Å². The van der Waals surface area contributed by atoms with Gasteiger partial charge in [-0.15, -0.1) is 0 Å². The quantitative estimate of drug-likeness (QED) is 0.566. The Morgan fingerprint density at radius 2 is 2.08 bits per heavy atom. The van der Waals surface area contributed by atoms with E-state index in [-0.39, 0.29) is 0 Å². The molecule has 0 saturated heterocycles. The van der Waals surface area contributed by atoms with E-state index in [1.807, 2.05) is 7.05 Å².